The van der Waals surface area contributed by atoms with Crippen molar-refractivity contribution in [1.29, 1.82) is 10.5 Å². The summed E-state index contributed by atoms with van der Waals surface area (Å²) in [6.07, 6.45) is 3.34. The van der Waals surface area contributed by atoms with Crippen LogP contribution in [0.15, 0.2) is 107 Å². The van der Waals surface area contributed by atoms with Crippen molar-refractivity contribution in [3.05, 3.63) is 130 Å². The topological polar surface area (TPSA) is 113 Å². The minimum atomic E-state index is -0.676. The van der Waals surface area contributed by atoms with Crippen LogP contribution in [0.1, 0.15) is 45.5 Å². The quantitative estimate of drug-likeness (QED) is 0.329. The average molecular weight is 471 g/mol. The van der Waals surface area contributed by atoms with Crippen LogP contribution in [0.3, 0.4) is 0 Å². The molecule has 0 radical (unpaired) electrons. The Morgan fingerprint density at radius 3 is 1.25 bits per heavy atom. The van der Waals surface area contributed by atoms with Crippen molar-refractivity contribution in [2.45, 2.75) is 12.1 Å². The van der Waals surface area contributed by atoms with Crippen molar-refractivity contribution < 1.29 is 10.2 Å². The summed E-state index contributed by atoms with van der Waals surface area (Å²) in [6, 6.07) is 30.7. The van der Waals surface area contributed by atoms with Crippen molar-refractivity contribution in [3.63, 3.8) is 0 Å². The van der Waals surface area contributed by atoms with Gasteiger partial charge in [0.1, 0.15) is 23.6 Å². The molecule has 0 unspecified atom stereocenters. The van der Waals surface area contributed by atoms with E-state index in [2.05, 4.69) is 12.1 Å². The molecule has 0 amide bonds. The number of para-hydroxylation sites is 2. The maximum atomic E-state index is 10.7. The molecule has 174 valence electrons. The molecule has 2 N–H and O–H groups in total. The molecule has 0 aromatic heterocycles. The van der Waals surface area contributed by atoms with Gasteiger partial charge in [0.2, 0.25) is 0 Å². The lowest BCUT2D eigenvalue weighted by atomic mass is 9.92. The first-order chi connectivity index (χ1) is 17.6. The standard InChI is InChI=1S/C30H22N4O2/c31-17-21-9-13-23(14-10-21)19-33-29(25-5-1-3-7-27(25)35)30(26-6-2-4-8-28(26)36)34-20-24-15-11-22(18-32)12-16-24/h1-16,19-20,29-30,35-36H/t29-,30+. The number of aromatic hydroxyl groups is 2. The molecule has 36 heavy (non-hydrogen) atoms. The minimum absolute atomic E-state index is 0.0634. The summed E-state index contributed by atoms with van der Waals surface area (Å²) in [7, 11) is 0. The number of hydrogen-bond donors (Lipinski definition) is 2. The lowest BCUT2D eigenvalue weighted by molar-refractivity contribution is 0.438. The molecule has 0 aliphatic carbocycles. The van der Waals surface area contributed by atoms with Gasteiger partial charge in [0.25, 0.3) is 0 Å². The number of nitriles is 2. The fraction of sp³-hybridized carbons (Fsp3) is 0.0667. The third kappa shape index (κ3) is 5.64. The summed E-state index contributed by atoms with van der Waals surface area (Å²) in [5.41, 5.74) is 3.75. The number of benzene rings is 4. The van der Waals surface area contributed by atoms with E-state index in [1.807, 2.05) is 12.1 Å². The van der Waals surface area contributed by atoms with Crippen LogP contribution in [0.4, 0.5) is 0 Å². The first-order valence-electron chi connectivity index (χ1n) is 11.2. The van der Waals surface area contributed by atoms with Gasteiger partial charge in [-0.3, -0.25) is 9.98 Å². The molecule has 0 saturated carbocycles. The normalized spacial score (nSPS) is 12.7. The molecule has 0 fully saturated rings. The van der Waals surface area contributed by atoms with E-state index in [1.54, 1.807) is 97.4 Å². The summed E-state index contributed by atoms with van der Waals surface area (Å²) in [4.78, 5) is 9.60. The highest BCUT2D eigenvalue weighted by molar-refractivity contribution is 5.81. The molecule has 2 atom stereocenters. The number of phenolic OH excluding ortho intramolecular Hbond substituents is 2. The summed E-state index contributed by atoms with van der Waals surface area (Å²) in [6.45, 7) is 0. The highest BCUT2D eigenvalue weighted by Gasteiger charge is 2.27. The zero-order valence-corrected chi connectivity index (χ0v) is 19.2. The summed E-state index contributed by atoms with van der Waals surface area (Å²) in [5, 5.41) is 39.5. The van der Waals surface area contributed by atoms with E-state index in [9.17, 15) is 10.2 Å². The van der Waals surface area contributed by atoms with Crippen LogP contribution in [0, 0.1) is 22.7 Å². The van der Waals surface area contributed by atoms with Gasteiger partial charge in [-0.2, -0.15) is 10.5 Å². The van der Waals surface area contributed by atoms with Crippen LogP contribution in [0.2, 0.25) is 0 Å². The maximum Gasteiger partial charge on any atom is 0.121 e. The van der Waals surface area contributed by atoms with E-state index in [0.29, 0.717) is 22.3 Å². The average Bonchev–Trinajstić information content (AvgIpc) is 2.92. The van der Waals surface area contributed by atoms with Crippen LogP contribution in [-0.4, -0.2) is 22.6 Å². The van der Waals surface area contributed by atoms with Crippen LogP contribution in [0.5, 0.6) is 11.5 Å². The molecule has 0 heterocycles. The first kappa shape index (κ1) is 23.9. The van der Waals surface area contributed by atoms with E-state index in [-0.39, 0.29) is 11.5 Å². The predicted molar refractivity (Wildman–Crippen MR) is 139 cm³/mol. The molecule has 0 aliphatic heterocycles. The molecule has 0 spiro atoms. The smallest absolute Gasteiger partial charge is 0.121 e. The maximum absolute atomic E-state index is 10.7. The minimum Gasteiger partial charge on any atom is -0.508 e. The van der Waals surface area contributed by atoms with E-state index < -0.39 is 12.1 Å². The van der Waals surface area contributed by atoms with Gasteiger partial charge in [-0.1, -0.05) is 60.7 Å². The molecular weight excluding hydrogens is 448 g/mol. The van der Waals surface area contributed by atoms with E-state index in [1.165, 1.54) is 0 Å². The second-order valence-corrected chi connectivity index (χ2v) is 8.03. The zero-order valence-electron chi connectivity index (χ0n) is 19.2. The molecule has 6 nitrogen and oxygen atoms in total. The highest BCUT2D eigenvalue weighted by Crippen LogP contribution is 2.41. The van der Waals surface area contributed by atoms with Gasteiger partial charge in [0.15, 0.2) is 0 Å². The van der Waals surface area contributed by atoms with Gasteiger partial charge in [-0.05, 0) is 47.5 Å². The Morgan fingerprint density at radius 2 is 0.917 bits per heavy atom. The third-order valence-electron chi connectivity index (χ3n) is 5.66. The van der Waals surface area contributed by atoms with Crippen molar-refractivity contribution in [2.75, 3.05) is 0 Å². The first-order valence-corrected chi connectivity index (χ1v) is 11.2. The Bertz CT molecular complexity index is 1360. The number of rotatable bonds is 7. The van der Waals surface area contributed by atoms with Gasteiger partial charge in [0.05, 0.1) is 23.3 Å². The number of nitrogens with zero attached hydrogens (tertiary/aromatic N) is 4. The fourth-order valence-corrected chi connectivity index (χ4v) is 3.76. The van der Waals surface area contributed by atoms with E-state index >= 15 is 0 Å². The fourth-order valence-electron chi connectivity index (χ4n) is 3.76. The molecule has 0 aliphatic rings. The number of phenols is 2. The van der Waals surface area contributed by atoms with Crippen LogP contribution in [-0.2, 0) is 0 Å². The highest BCUT2D eigenvalue weighted by atomic mass is 16.3. The van der Waals surface area contributed by atoms with Crippen molar-refractivity contribution in [2.24, 2.45) is 9.98 Å². The molecule has 4 aromatic rings. The summed E-state index contributed by atoms with van der Waals surface area (Å²) in [5.74, 6) is 0.127. The van der Waals surface area contributed by atoms with Crippen molar-refractivity contribution in [3.8, 4) is 23.6 Å². The second kappa shape index (κ2) is 11.3. The molecule has 4 aromatic carbocycles. The Balaban J connectivity index is 1.81. The lowest BCUT2D eigenvalue weighted by Crippen LogP contribution is -2.10. The second-order valence-electron chi connectivity index (χ2n) is 8.03. The van der Waals surface area contributed by atoms with Gasteiger partial charge in [-0.25, -0.2) is 0 Å². The molecule has 0 saturated heterocycles. The Kier molecular flexibility index (Phi) is 7.51. The molecule has 6 heteroatoms. The third-order valence-corrected chi connectivity index (χ3v) is 5.66. The molecular formula is C30H22N4O2. The van der Waals surface area contributed by atoms with Gasteiger partial charge in [0, 0.05) is 23.6 Å². The lowest BCUT2D eigenvalue weighted by Gasteiger charge is -2.23. The Labute approximate surface area is 209 Å². The van der Waals surface area contributed by atoms with E-state index in [4.69, 9.17) is 20.5 Å². The van der Waals surface area contributed by atoms with Gasteiger partial charge in [-0.15, -0.1) is 0 Å². The Morgan fingerprint density at radius 1 is 0.556 bits per heavy atom. The Hall–Kier alpha value is -5.20. The number of hydrogen-bond acceptors (Lipinski definition) is 6. The SMILES string of the molecule is N#Cc1ccc(C=N[C@H](c2ccccc2O)[C@@H](N=Cc2ccc(C#N)cc2)c2ccccc2O)cc1. The van der Waals surface area contributed by atoms with E-state index in [0.717, 1.165) is 11.1 Å². The van der Waals surface area contributed by atoms with Crippen LogP contribution >= 0.6 is 0 Å². The van der Waals surface area contributed by atoms with Gasteiger partial charge >= 0.3 is 0 Å². The van der Waals surface area contributed by atoms with Crippen LogP contribution in [0.25, 0.3) is 0 Å². The largest absolute Gasteiger partial charge is 0.508 e. The van der Waals surface area contributed by atoms with Crippen LogP contribution < -0.4 is 0 Å². The van der Waals surface area contributed by atoms with Gasteiger partial charge < -0.3 is 10.2 Å². The van der Waals surface area contributed by atoms with Crippen molar-refractivity contribution in [1.82, 2.24) is 0 Å². The molecule has 0 bridgehead atoms. The predicted octanol–water partition coefficient (Wildman–Crippen LogP) is 5.86. The number of aliphatic imine (C=N–C) groups is 2. The monoisotopic (exact) mass is 470 g/mol. The zero-order chi connectivity index (χ0) is 25.3. The summed E-state index contributed by atoms with van der Waals surface area (Å²) < 4.78 is 0. The summed E-state index contributed by atoms with van der Waals surface area (Å²) >= 11 is 0. The molecule has 4 rings (SSSR count). The van der Waals surface area contributed by atoms with Crippen molar-refractivity contribution >= 4 is 12.4 Å².